The predicted octanol–water partition coefficient (Wildman–Crippen LogP) is 2.42. The van der Waals surface area contributed by atoms with Gasteiger partial charge in [-0.3, -0.25) is 9.10 Å². The molecular formula is C19H24N2O4S. The number of amides is 1. The largest absolute Gasteiger partial charge is 0.383 e. The first kappa shape index (κ1) is 19.9. The lowest BCUT2D eigenvalue weighted by Gasteiger charge is -2.23. The molecule has 140 valence electrons. The summed E-state index contributed by atoms with van der Waals surface area (Å²) in [6.07, 6.45) is 1.17. The Labute approximate surface area is 154 Å². The van der Waals surface area contributed by atoms with Gasteiger partial charge in [0, 0.05) is 18.7 Å². The van der Waals surface area contributed by atoms with Crippen LogP contribution in [0.2, 0.25) is 0 Å². The van der Waals surface area contributed by atoms with Crippen molar-refractivity contribution in [2.75, 3.05) is 24.3 Å². The van der Waals surface area contributed by atoms with Crippen LogP contribution in [0.3, 0.4) is 0 Å². The Morgan fingerprint density at radius 3 is 2.27 bits per heavy atom. The highest BCUT2D eigenvalue weighted by Crippen LogP contribution is 2.21. The maximum absolute atomic E-state index is 12.2. The van der Waals surface area contributed by atoms with Crippen LogP contribution in [0.15, 0.2) is 54.6 Å². The van der Waals surface area contributed by atoms with Crippen molar-refractivity contribution in [3.63, 3.8) is 0 Å². The fourth-order valence-electron chi connectivity index (χ4n) is 2.53. The number of rotatable bonds is 8. The molecule has 2 aromatic carbocycles. The van der Waals surface area contributed by atoms with Gasteiger partial charge in [-0.1, -0.05) is 30.3 Å². The van der Waals surface area contributed by atoms with Crippen LogP contribution in [0.25, 0.3) is 0 Å². The van der Waals surface area contributed by atoms with Crippen LogP contribution in [0.4, 0.5) is 5.69 Å². The zero-order valence-corrected chi connectivity index (χ0v) is 16.0. The standard InChI is InChI=1S/C19H24N2O4S/c1-15(14-25-2)20-19(22)17-9-11-18(12-10-17)21(26(3,23)24)13-16-7-5-4-6-8-16/h4-12,15H,13-14H2,1-3H3,(H,20,22)/t15-/m0/s1. The second-order valence-electron chi connectivity index (χ2n) is 6.13. The second kappa shape index (κ2) is 8.82. The third-order valence-corrected chi connectivity index (χ3v) is 4.92. The molecule has 26 heavy (non-hydrogen) atoms. The van der Waals surface area contributed by atoms with Crippen molar-refractivity contribution < 1.29 is 17.9 Å². The first-order chi connectivity index (χ1) is 12.3. The van der Waals surface area contributed by atoms with E-state index in [2.05, 4.69) is 5.32 Å². The van der Waals surface area contributed by atoms with Crippen molar-refractivity contribution in [3.05, 3.63) is 65.7 Å². The van der Waals surface area contributed by atoms with E-state index < -0.39 is 10.0 Å². The van der Waals surface area contributed by atoms with Gasteiger partial charge >= 0.3 is 0 Å². The topological polar surface area (TPSA) is 75.7 Å². The molecule has 0 bridgehead atoms. The quantitative estimate of drug-likeness (QED) is 0.768. The van der Waals surface area contributed by atoms with Gasteiger partial charge in [0.2, 0.25) is 10.0 Å². The Bertz CT molecular complexity index is 820. The molecule has 0 fully saturated rings. The molecule has 0 aliphatic heterocycles. The van der Waals surface area contributed by atoms with Crippen molar-refractivity contribution in [2.45, 2.75) is 19.5 Å². The minimum atomic E-state index is -3.46. The number of sulfonamides is 1. The molecule has 2 aromatic rings. The number of carbonyl (C=O) groups is 1. The van der Waals surface area contributed by atoms with E-state index in [1.165, 1.54) is 10.6 Å². The number of hydrogen-bond donors (Lipinski definition) is 1. The zero-order valence-electron chi connectivity index (χ0n) is 15.2. The minimum Gasteiger partial charge on any atom is -0.383 e. The summed E-state index contributed by atoms with van der Waals surface area (Å²) >= 11 is 0. The molecule has 1 N–H and O–H groups in total. The lowest BCUT2D eigenvalue weighted by molar-refractivity contribution is 0.0905. The van der Waals surface area contributed by atoms with Gasteiger partial charge in [-0.15, -0.1) is 0 Å². The van der Waals surface area contributed by atoms with Gasteiger partial charge in [0.1, 0.15) is 0 Å². The summed E-state index contributed by atoms with van der Waals surface area (Å²) in [5, 5.41) is 2.82. The van der Waals surface area contributed by atoms with Crippen molar-refractivity contribution in [1.29, 1.82) is 0 Å². The number of carbonyl (C=O) groups excluding carboxylic acids is 1. The Balaban J connectivity index is 2.18. The van der Waals surface area contributed by atoms with Crippen LogP contribution in [-0.2, 0) is 21.3 Å². The van der Waals surface area contributed by atoms with E-state index in [9.17, 15) is 13.2 Å². The molecule has 7 heteroatoms. The fraction of sp³-hybridized carbons (Fsp3) is 0.316. The highest BCUT2D eigenvalue weighted by Gasteiger charge is 2.18. The van der Waals surface area contributed by atoms with Gasteiger partial charge in [0.05, 0.1) is 25.1 Å². The molecule has 0 aliphatic carbocycles. The van der Waals surface area contributed by atoms with E-state index in [-0.39, 0.29) is 18.5 Å². The number of hydrogen-bond acceptors (Lipinski definition) is 4. The van der Waals surface area contributed by atoms with Gasteiger partial charge in [0.15, 0.2) is 0 Å². The van der Waals surface area contributed by atoms with Crippen molar-refractivity contribution in [2.24, 2.45) is 0 Å². The molecule has 0 radical (unpaired) electrons. The first-order valence-corrected chi connectivity index (χ1v) is 10.1. The Morgan fingerprint density at radius 2 is 1.73 bits per heavy atom. The monoisotopic (exact) mass is 376 g/mol. The second-order valence-corrected chi connectivity index (χ2v) is 8.04. The van der Waals surface area contributed by atoms with Crippen molar-refractivity contribution in [3.8, 4) is 0 Å². The zero-order chi connectivity index (χ0) is 19.2. The number of nitrogens with one attached hydrogen (secondary N) is 1. The molecule has 0 heterocycles. The smallest absolute Gasteiger partial charge is 0.251 e. The van der Waals surface area contributed by atoms with E-state index in [4.69, 9.17) is 4.74 Å². The maximum atomic E-state index is 12.2. The van der Waals surface area contributed by atoms with Crippen molar-refractivity contribution in [1.82, 2.24) is 5.32 Å². The third kappa shape index (κ3) is 5.57. The van der Waals surface area contributed by atoms with E-state index in [1.54, 1.807) is 31.4 Å². The van der Waals surface area contributed by atoms with Crippen LogP contribution >= 0.6 is 0 Å². The molecule has 0 unspecified atom stereocenters. The summed E-state index contributed by atoms with van der Waals surface area (Å²) in [6.45, 7) is 2.50. The van der Waals surface area contributed by atoms with E-state index >= 15 is 0 Å². The molecule has 0 aromatic heterocycles. The summed E-state index contributed by atoms with van der Waals surface area (Å²) < 4.78 is 30.7. The number of anilines is 1. The van der Waals surface area contributed by atoms with Crippen LogP contribution < -0.4 is 9.62 Å². The average Bonchev–Trinajstić information content (AvgIpc) is 2.60. The predicted molar refractivity (Wildman–Crippen MR) is 103 cm³/mol. The molecule has 0 saturated heterocycles. The van der Waals surface area contributed by atoms with Crippen LogP contribution in [0.1, 0.15) is 22.8 Å². The first-order valence-electron chi connectivity index (χ1n) is 8.22. The SMILES string of the molecule is COC[C@H](C)NC(=O)c1ccc(N(Cc2ccccc2)S(C)(=O)=O)cc1. The summed E-state index contributed by atoms with van der Waals surface area (Å²) in [5.41, 5.74) is 1.86. The molecule has 6 nitrogen and oxygen atoms in total. The highest BCUT2D eigenvalue weighted by molar-refractivity contribution is 7.92. The van der Waals surface area contributed by atoms with Crippen molar-refractivity contribution >= 4 is 21.6 Å². The molecule has 0 spiro atoms. The summed E-state index contributed by atoms with van der Waals surface area (Å²) in [4.78, 5) is 12.2. The van der Waals surface area contributed by atoms with Crippen LogP contribution in [0, 0.1) is 0 Å². The number of ether oxygens (including phenoxy) is 1. The third-order valence-electron chi connectivity index (χ3n) is 3.78. The summed E-state index contributed by atoms with van der Waals surface area (Å²) in [6, 6.07) is 15.8. The van der Waals surface area contributed by atoms with Gasteiger partial charge in [-0.2, -0.15) is 0 Å². The Morgan fingerprint density at radius 1 is 1.12 bits per heavy atom. The van der Waals surface area contributed by atoms with E-state index in [0.717, 1.165) is 5.56 Å². The maximum Gasteiger partial charge on any atom is 0.251 e. The lowest BCUT2D eigenvalue weighted by Crippen LogP contribution is -2.35. The molecular weight excluding hydrogens is 352 g/mol. The molecule has 1 amide bonds. The van der Waals surface area contributed by atoms with Crippen LogP contribution in [0.5, 0.6) is 0 Å². The number of benzene rings is 2. The molecule has 0 saturated carbocycles. The Kier molecular flexibility index (Phi) is 6.76. The Hall–Kier alpha value is -2.38. The van der Waals surface area contributed by atoms with Gasteiger partial charge in [-0.05, 0) is 36.8 Å². The van der Waals surface area contributed by atoms with Gasteiger partial charge in [-0.25, -0.2) is 8.42 Å². The van der Waals surface area contributed by atoms with E-state index in [1.807, 2.05) is 37.3 Å². The summed E-state index contributed by atoms with van der Waals surface area (Å²) in [7, 11) is -1.89. The number of nitrogens with zero attached hydrogens (tertiary/aromatic N) is 1. The number of methoxy groups -OCH3 is 1. The van der Waals surface area contributed by atoms with Gasteiger partial charge < -0.3 is 10.1 Å². The normalized spacial score (nSPS) is 12.4. The lowest BCUT2D eigenvalue weighted by atomic mass is 10.1. The average molecular weight is 376 g/mol. The minimum absolute atomic E-state index is 0.113. The molecule has 0 aliphatic rings. The molecule has 2 rings (SSSR count). The van der Waals surface area contributed by atoms with E-state index in [0.29, 0.717) is 17.9 Å². The van der Waals surface area contributed by atoms with Crippen LogP contribution in [-0.4, -0.2) is 40.3 Å². The molecule has 1 atom stereocenters. The summed E-state index contributed by atoms with van der Waals surface area (Å²) in [5.74, 6) is -0.227. The highest BCUT2D eigenvalue weighted by atomic mass is 32.2. The fourth-order valence-corrected chi connectivity index (χ4v) is 3.42. The van der Waals surface area contributed by atoms with Gasteiger partial charge in [0.25, 0.3) is 5.91 Å².